The SMILES string of the molecule is c1ccc2cc(-n3c4ccc(-c5ccc6c(c5)c5ccccc5n6-c5cccc6sc7ccccc7c56)cc4c4ccc5ccccc5c43)ccc2c1. The topological polar surface area (TPSA) is 9.86 Å². The van der Waals surface area contributed by atoms with Crippen molar-refractivity contribution in [3.05, 3.63) is 182 Å². The molecule has 53 heavy (non-hydrogen) atoms. The monoisotopic (exact) mass is 690 g/mol. The fourth-order valence-electron chi connectivity index (χ4n) is 8.90. The van der Waals surface area contributed by atoms with Crippen LogP contribution in [0.2, 0.25) is 0 Å². The molecule has 0 amide bonds. The molecule has 0 saturated carbocycles. The van der Waals surface area contributed by atoms with Gasteiger partial charge in [0.25, 0.3) is 0 Å². The van der Waals surface area contributed by atoms with Crippen molar-refractivity contribution in [1.29, 1.82) is 0 Å². The Kier molecular flexibility index (Phi) is 5.96. The Labute approximate surface area is 309 Å². The Morgan fingerprint density at radius 1 is 0.340 bits per heavy atom. The van der Waals surface area contributed by atoms with E-state index in [9.17, 15) is 0 Å². The Hall–Kier alpha value is -6.68. The molecule has 2 nitrogen and oxygen atoms in total. The lowest BCUT2D eigenvalue weighted by molar-refractivity contribution is 1.19. The molecule has 3 heterocycles. The first kappa shape index (κ1) is 29.0. The predicted molar refractivity (Wildman–Crippen MR) is 228 cm³/mol. The lowest BCUT2D eigenvalue weighted by Crippen LogP contribution is -1.95. The molecule has 12 rings (SSSR count). The Balaban J connectivity index is 1.10. The zero-order valence-corrected chi connectivity index (χ0v) is 29.4. The molecule has 0 radical (unpaired) electrons. The first-order chi connectivity index (χ1) is 26.3. The molecule has 246 valence electrons. The van der Waals surface area contributed by atoms with Crippen LogP contribution >= 0.6 is 11.3 Å². The number of nitrogens with zero attached hydrogens (tertiary/aromatic N) is 2. The summed E-state index contributed by atoms with van der Waals surface area (Å²) in [4.78, 5) is 0. The van der Waals surface area contributed by atoms with E-state index in [2.05, 4.69) is 191 Å². The standard InChI is InChI=1S/C50H30N2S/c1-2-12-33-28-36(24-20-31(33)10-1)51-44-26-22-35(30-42(44)39-25-21-32-11-3-4-13-37(32)50(39)51)34-23-27-45-41(29-34)38-14-5-7-16-43(38)52(45)46-17-9-19-48-49(46)40-15-6-8-18-47(40)53-48/h1-30H. The fourth-order valence-corrected chi connectivity index (χ4v) is 10.0. The minimum absolute atomic E-state index is 1.18. The number of para-hydroxylation sites is 1. The van der Waals surface area contributed by atoms with Crippen molar-refractivity contribution in [1.82, 2.24) is 9.13 Å². The summed E-state index contributed by atoms with van der Waals surface area (Å²) in [6.45, 7) is 0. The van der Waals surface area contributed by atoms with Crippen LogP contribution < -0.4 is 0 Å². The second-order valence-corrected chi connectivity index (χ2v) is 15.2. The molecule has 0 aliphatic rings. The molecule has 9 aromatic carbocycles. The molecule has 0 atom stereocenters. The van der Waals surface area contributed by atoms with E-state index in [0.29, 0.717) is 0 Å². The van der Waals surface area contributed by atoms with E-state index in [1.54, 1.807) is 0 Å². The highest BCUT2D eigenvalue weighted by molar-refractivity contribution is 7.25. The lowest BCUT2D eigenvalue weighted by atomic mass is 10.00. The first-order valence-electron chi connectivity index (χ1n) is 18.2. The maximum Gasteiger partial charge on any atom is 0.0619 e. The van der Waals surface area contributed by atoms with Gasteiger partial charge in [0, 0.05) is 52.8 Å². The number of hydrogen-bond acceptors (Lipinski definition) is 1. The Morgan fingerprint density at radius 3 is 1.81 bits per heavy atom. The van der Waals surface area contributed by atoms with E-state index in [1.165, 1.54) is 108 Å². The van der Waals surface area contributed by atoms with Crippen LogP contribution in [-0.4, -0.2) is 9.13 Å². The maximum absolute atomic E-state index is 2.47. The van der Waals surface area contributed by atoms with Crippen LogP contribution in [0.5, 0.6) is 0 Å². The highest BCUT2D eigenvalue weighted by atomic mass is 32.1. The van der Waals surface area contributed by atoms with Gasteiger partial charge in [0.2, 0.25) is 0 Å². The smallest absolute Gasteiger partial charge is 0.0619 e. The number of aromatic nitrogens is 2. The van der Waals surface area contributed by atoms with Gasteiger partial charge in [0.05, 0.1) is 27.8 Å². The van der Waals surface area contributed by atoms with Crippen molar-refractivity contribution in [3.63, 3.8) is 0 Å². The van der Waals surface area contributed by atoms with Gasteiger partial charge in [-0.05, 0) is 87.9 Å². The van der Waals surface area contributed by atoms with Crippen molar-refractivity contribution in [2.24, 2.45) is 0 Å². The van der Waals surface area contributed by atoms with Gasteiger partial charge in [-0.3, -0.25) is 0 Å². The molecule has 0 unspecified atom stereocenters. The van der Waals surface area contributed by atoms with E-state index >= 15 is 0 Å². The van der Waals surface area contributed by atoms with Crippen LogP contribution in [0.25, 0.3) is 108 Å². The third-order valence-corrected chi connectivity index (χ3v) is 12.4. The third kappa shape index (κ3) is 4.14. The minimum atomic E-state index is 1.18. The molecule has 3 aromatic heterocycles. The third-order valence-electron chi connectivity index (χ3n) is 11.3. The molecule has 0 fully saturated rings. The average molecular weight is 691 g/mol. The molecule has 0 aliphatic heterocycles. The van der Waals surface area contributed by atoms with E-state index in [4.69, 9.17) is 0 Å². The molecule has 0 spiro atoms. The normalized spacial score (nSPS) is 12.2. The first-order valence-corrected chi connectivity index (χ1v) is 19.0. The van der Waals surface area contributed by atoms with Crippen LogP contribution in [0.1, 0.15) is 0 Å². The van der Waals surface area contributed by atoms with Crippen LogP contribution in [0, 0.1) is 0 Å². The van der Waals surface area contributed by atoms with Gasteiger partial charge in [-0.15, -0.1) is 11.3 Å². The van der Waals surface area contributed by atoms with Crippen molar-refractivity contribution >= 4 is 96.7 Å². The zero-order chi connectivity index (χ0) is 34.6. The summed E-state index contributed by atoms with van der Waals surface area (Å²) in [7, 11) is 0. The molecule has 0 bridgehead atoms. The van der Waals surface area contributed by atoms with Gasteiger partial charge >= 0.3 is 0 Å². The number of rotatable bonds is 3. The van der Waals surface area contributed by atoms with Crippen LogP contribution in [0.4, 0.5) is 0 Å². The van der Waals surface area contributed by atoms with Crippen molar-refractivity contribution < 1.29 is 0 Å². The van der Waals surface area contributed by atoms with E-state index in [-0.39, 0.29) is 0 Å². The van der Waals surface area contributed by atoms with Crippen LogP contribution in [0.15, 0.2) is 182 Å². The van der Waals surface area contributed by atoms with Gasteiger partial charge in [-0.25, -0.2) is 0 Å². The highest BCUT2D eigenvalue weighted by Crippen LogP contribution is 2.43. The average Bonchev–Trinajstić information content (AvgIpc) is 3.88. The summed E-state index contributed by atoms with van der Waals surface area (Å²) in [6.07, 6.45) is 0. The van der Waals surface area contributed by atoms with Gasteiger partial charge in [0.1, 0.15) is 0 Å². The summed E-state index contributed by atoms with van der Waals surface area (Å²) in [6, 6.07) is 67.3. The number of fused-ring (bicyclic) bond motifs is 12. The Morgan fingerprint density at radius 2 is 0.962 bits per heavy atom. The maximum atomic E-state index is 2.47. The molecule has 3 heteroatoms. The van der Waals surface area contributed by atoms with Crippen molar-refractivity contribution in [2.45, 2.75) is 0 Å². The van der Waals surface area contributed by atoms with Crippen molar-refractivity contribution in [2.75, 3.05) is 0 Å². The van der Waals surface area contributed by atoms with E-state index in [1.807, 2.05) is 11.3 Å². The highest BCUT2D eigenvalue weighted by Gasteiger charge is 2.19. The molecular formula is C50H30N2S. The summed E-state index contributed by atoms with van der Waals surface area (Å²) in [5.74, 6) is 0. The molecule has 0 aliphatic carbocycles. The summed E-state index contributed by atoms with van der Waals surface area (Å²) < 4.78 is 7.58. The predicted octanol–water partition coefficient (Wildman–Crippen LogP) is 14.2. The summed E-state index contributed by atoms with van der Waals surface area (Å²) >= 11 is 1.87. The molecule has 0 saturated heterocycles. The minimum Gasteiger partial charge on any atom is -0.309 e. The zero-order valence-electron chi connectivity index (χ0n) is 28.6. The summed E-state index contributed by atoms with van der Waals surface area (Å²) in [5, 5.41) is 12.7. The second-order valence-electron chi connectivity index (χ2n) is 14.1. The lowest BCUT2D eigenvalue weighted by Gasteiger charge is -2.12. The number of benzene rings is 9. The summed E-state index contributed by atoms with van der Waals surface area (Å²) in [5.41, 5.74) is 9.75. The quantitative estimate of drug-likeness (QED) is 0.175. The largest absolute Gasteiger partial charge is 0.309 e. The van der Waals surface area contributed by atoms with Crippen molar-refractivity contribution in [3.8, 4) is 22.5 Å². The second kappa shape index (κ2) is 10.9. The molecule has 12 aromatic rings. The van der Waals surface area contributed by atoms with E-state index in [0.717, 1.165) is 0 Å². The van der Waals surface area contributed by atoms with E-state index < -0.39 is 0 Å². The Bertz CT molecular complexity index is 3470. The van der Waals surface area contributed by atoms with Crippen LogP contribution in [-0.2, 0) is 0 Å². The van der Waals surface area contributed by atoms with Gasteiger partial charge in [-0.1, -0.05) is 121 Å². The fraction of sp³-hybridized carbons (Fsp3) is 0. The number of hydrogen-bond donors (Lipinski definition) is 0. The van der Waals surface area contributed by atoms with Crippen LogP contribution in [0.3, 0.4) is 0 Å². The van der Waals surface area contributed by atoms with Gasteiger partial charge in [-0.2, -0.15) is 0 Å². The molecule has 0 N–H and O–H groups in total. The van der Waals surface area contributed by atoms with Gasteiger partial charge < -0.3 is 9.13 Å². The molecular weight excluding hydrogens is 661 g/mol. The van der Waals surface area contributed by atoms with Gasteiger partial charge in [0.15, 0.2) is 0 Å². The number of thiophene rings is 1.